The molecule has 0 radical (unpaired) electrons. The first kappa shape index (κ1) is 5.65. The highest BCUT2D eigenvalue weighted by Gasteiger charge is 2.49. The maximum atomic E-state index is 8.97. The monoisotopic (exact) mass is 130 g/mol. The molecule has 2 heterocycles. The maximum Gasteiger partial charge on any atom is 0.157 e. The van der Waals surface area contributed by atoms with Crippen LogP contribution in [0, 0.1) is 0 Å². The van der Waals surface area contributed by atoms with Crippen LogP contribution in [0.2, 0.25) is 0 Å². The van der Waals surface area contributed by atoms with Crippen molar-refractivity contribution in [3.05, 3.63) is 0 Å². The SMILES string of the molecule is C[C@@H]1OC(O)C[C@H]2O[C@@H]12. The normalized spacial score (nSPS) is 56.7. The van der Waals surface area contributed by atoms with Crippen molar-refractivity contribution in [3.63, 3.8) is 0 Å². The molecule has 0 spiro atoms. The Morgan fingerprint density at radius 2 is 2.22 bits per heavy atom. The Morgan fingerprint density at radius 1 is 1.44 bits per heavy atom. The van der Waals surface area contributed by atoms with Gasteiger partial charge < -0.3 is 14.6 Å². The van der Waals surface area contributed by atoms with Crippen molar-refractivity contribution in [2.24, 2.45) is 0 Å². The highest BCUT2D eigenvalue weighted by molar-refractivity contribution is 4.93. The summed E-state index contributed by atoms with van der Waals surface area (Å²) in [4.78, 5) is 0. The minimum Gasteiger partial charge on any atom is -0.368 e. The van der Waals surface area contributed by atoms with E-state index in [9.17, 15) is 0 Å². The lowest BCUT2D eigenvalue weighted by Gasteiger charge is -2.19. The van der Waals surface area contributed by atoms with E-state index in [1.807, 2.05) is 6.92 Å². The minimum absolute atomic E-state index is 0.0822. The molecule has 0 amide bonds. The average molecular weight is 130 g/mol. The summed E-state index contributed by atoms with van der Waals surface area (Å²) in [5.41, 5.74) is 0. The summed E-state index contributed by atoms with van der Waals surface area (Å²) in [7, 11) is 0. The number of fused-ring (bicyclic) bond motifs is 1. The second-order valence-electron chi connectivity index (χ2n) is 2.67. The predicted molar refractivity (Wildman–Crippen MR) is 29.8 cm³/mol. The Hall–Kier alpha value is -0.120. The Labute approximate surface area is 53.6 Å². The Bertz CT molecular complexity index is 125. The van der Waals surface area contributed by atoms with Crippen LogP contribution in [-0.4, -0.2) is 29.7 Å². The third kappa shape index (κ3) is 0.852. The molecule has 2 rings (SSSR count). The summed E-state index contributed by atoms with van der Waals surface area (Å²) < 4.78 is 10.2. The van der Waals surface area contributed by atoms with Gasteiger partial charge in [-0.05, 0) is 6.92 Å². The van der Waals surface area contributed by atoms with E-state index in [1.165, 1.54) is 0 Å². The molecule has 1 unspecified atom stereocenters. The van der Waals surface area contributed by atoms with Crippen molar-refractivity contribution in [1.82, 2.24) is 0 Å². The second-order valence-corrected chi connectivity index (χ2v) is 2.67. The lowest BCUT2D eigenvalue weighted by molar-refractivity contribution is -0.146. The number of epoxide rings is 1. The molecule has 4 atom stereocenters. The number of aliphatic hydroxyl groups excluding tert-OH is 1. The molecule has 9 heavy (non-hydrogen) atoms. The van der Waals surface area contributed by atoms with Crippen LogP contribution in [-0.2, 0) is 9.47 Å². The summed E-state index contributed by atoms with van der Waals surface area (Å²) in [5.74, 6) is 0. The molecule has 0 saturated carbocycles. The lowest BCUT2D eigenvalue weighted by atomic mass is 10.1. The van der Waals surface area contributed by atoms with Crippen LogP contribution >= 0.6 is 0 Å². The van der Waals surface area contributed by atoms with Gasteiger partial charge in [0.25, 0.3) is 0 Å². The van der Waals surface area contributed by atoms with E-state index in [-0.39, 0.29) is 18.3 Å². The molecule has 2 fully saturated rings. The van der Waals surface area contributed by atoms with E-state index in [0.29, 0.717) is 6.42 Å². The number of hydrogen-bond donors (Lipinski definition) is 1. The second kappa shape index (κ2) is 1.68. The zero-order valence-electron chi connectivity index (χ0n) is 5.28. The smallest absolute Gasteiger partial charge is 0.157 e. The van der Waals surface area contributed by atoms with Crippen molar-refractivity contribution in [3.8, 4) is 0 Å². The van der Waals surface area contributed by atoms with Gasteiger partial charge in [0.05, 0.1) is 12.2 Å². The fourth-order valence-corrected chi connectivity index (χ4v) is 1.34. The van der Waals surface area contributed by atoms with Gasteiger partial charge in [0.15, 0.2) is 6.29 Å². The van der Waals surface area contributed by atoms with Crippen LogP contribution in [0.15, 0.2) is 0 Å². The van der Waals surface area contributed by atoms with Crippen LogP contribution in [0.1, 0.15) is 13.3 Å². The van der Waals surface area contributed by atoms with Crippen molar-refractivity contribution in [1.29, 1.82) is 0 Å². The molecule has 1 N–H and O–H groups in total. The molecular formula is C6H10O3. The fraction of sp³-hybridized carbons (Fsp3) is 1.00. The van der Waals surface area contributed by atoms with E-state index < -0.39 is 6.29 Å². The zero-order chi connectivity index (χ0) is 6.43. The highest BCUT2D eigenvalue weighted by Crippen LogP contribution is 2.35. The fourth-order valence-electron chi connectivity index (χ4n) is 1.34. The van der Waals surface area contributed by atoms with Gasteiger partial charge >= 0.3 is 0 Å². The van der Waals surface area contributed by atoms with Crippen LogP contribution in [0.25, 0.3) is 0 Å². The Balaban J connectivity index is 1.99. The van der Waals surface area contributed by atoms with E-state index in [1.54, 1.807) is 0 Å². The van der Waals surface area contributed by atoms with E-state index in [0.717, 1.165) is 0 Å². The molecule has 3 heteroatoms. The van der Waals surface area contributed by atoms with Crippen molar-refractivity contribution >= 4 is 0 Å². The van der Waals surface area contributed by atoms with Crippen molar-refractivity contribution < 1.29 is 14.6 Å². The third-order valence-corrected chi connectivity index (χ3v) is 1.89. The van der Waals surface area contributed by atoms with Crippen LogP contribution < -0.4 is 0 Å². The van der Waals surface area contributed by atoms with E-state index in [4.69, 9.17) is 14.6 Å². The molecule has 0 aliphatic carbocycles. The van der Waals surface area contributed by atoms with Crippen molar-refractivity contribution in [2.45, 2.75) is 37.9 Å². The molecule has 0 bridgehead atoms. The Kier molecular flexibility index (Phi) is 1.06. The average Bonchev–Trinajstić information content (AvgIpc) is 2.43. The molecule has 0 aromatic heterocycles. The molecule has 0 aromatic rings. The quantitative estimate of drug-likeness (QED) is 0.465. The molecule has 0 aromatic carbocycles. The van der Waals surface area contributed by atoms with Crippen LogP contribution in [0.4, 0.5) is 0 Å². The molecule has 2 aliphatic rings. The molecule has 2 aliphatic heterocycles. The summed E-state index contributed by atoms with van der Waals surface area (Å²) in [6.07, 6.45) is 0.689. The van der Waals surface area contributed by atoms with Gasteiger partial charge in [0.1, 0.15) is 6.10 Å². The zero-order valence-corrected chi connectivity index (χ0v) is 5.28. The number of hydrogen-bond acceptors (Lipinski definition) is 3. The first-order valence-electron chi connectivity index (χ1n) is 3.26. The maximum absolute atomic E-state index is 8.97. The van der Waals surface area contributed by atoms with Gasteiger partial charge in [0.2, 0.25) is 0 Å². The molecule has 2 saturated heterocycles. The summed E-state index contributed by atoms with van der Waals surface area (Å²) in [5, 5.41) is 8.97. The van der Waals surface area contributed by atoms with Gasteiger partial charge in [-0.15, -0.1) is 0 Å². The molecular weight excluding hydrogens is 120 g/mol. The number of rotatable bonds is 0. The Morgan fingerprint density at radius 3 is 2.89 bits per heavy atom. The van der Waals surface area contributed by atoms with Gasteiger partial charge in [-0.3, -0.25) is 0 Å². The van der Waals surface area contributed by atoms with Crippen LogP contribution in [0.5, 0.6) is 0 Å². The van der Waals surface area contributed by atoms with Gasteiger partial charge in [-0.25, -0.2) is 0 Å². The van der Waals surface area contributed by atoms with E-state index in [2.05, 4.69) is 0 Å². The summed E-state index contributed by atoms with van der Waals surface area (Å²) in [6, 6.07) is 0. The largest absolute Gasteiger partial charge is 0.368 e. The number of aliphatic hydroxyl groups is 1. The van der Waals surface area contributed by atoms with Crippen LogP contribution in [0.3, 0.4) is 0 Å². The molecule has 52 valence electrons. The topological polar surface area (TPSA) is 42.0 Å². The van der Waals surface area contributed by atoms with Gasteiger partial charge in [0, 0.05) is 6.42 Å². The first-order chi connectivity index (χ1) is 4.27. The van der Waals surface area contributed by atoms with Gasteiger partial charge in [-0.2, -0.15) is 0 Å². The van der Waals surface area contributed by atoms with E-state index >= 15 is 0 Å². The standard InChI is InChI=1S/C6H10O3/c1-3-6-4(9-6)2-5(7)8-3/h3-7H,2H2,1H3/t3-,4+,5?,6-/m0/s1. The van der Waals surface area contributed by atoms with Gasteiger partial charge in [-0.1, -0.05) is 0 Å². The summed E-state index contributed by atoms with van der Waals surface area (Å²) in [6.45, 7) is 1.92. The predicted octanol–water partition coefficient (Wildman–Crippen LogP) is -0.119. The lowest BCUT2D eigenvalue weighted by Crippen LogP contribution is -2.31. The summed E-state index contributed by atoms with van der Waals surface area (Å²) >= 11 is 0. The molecule has 3 nitrogen and oxygen atoms in total. The van der Waals surface area contributed by atoms with Crippen molar-refractivity contribution in [2.75, 3.05) is 0 Å². The number of ether oxygens (including phenoxy) is 2. The third-order valence-electron chi connectivity index (χ3n) is 1.89. The highest BCUT2D eigenvalue weighted by atomic mass is 16.7. The first-order valence-corrected chi connectivity index (χ1v) is 3.26. The minimum atomic E-state index is -0.594.